The van der Waals surface area contributed by atoms with Gasteiger partial charge in [-0.2, -0.15) is 5.26 Å². The molecule has 1 aromatic rings. The average molecular weight is 290 g/mol. The van der Waals surface area contributed by atoms with Crippen molar-refractivity contribution in [2.24, 2.45) is 0 Å². The number of hydrogen-bond acceptors (Lipinski definition) is 5. The van der Waals surface area contributed by atoms with Crippen LogP contribution in [0.1, 0.15) is 30.1 Å². The highest BCUT2D eigenvalue weighted by Crippen LogP contribution is 2.10. The number of nitriles is 1. The lowest BCUT2D eigenvalue weighted by Crippen LogP contribution is -2.34. The molecule has 0 saturated carbocycles. The first-order valence-corrected chi connectivity index (χ1v) is 7.08. The Morgan fingerprint density at radius 3 is 3.00 bits per heavy atom. The highest BCUT2D eigenvalue weighted by molar-refractivity contribution is 5.94. The summed E-state index contributed by atoms with van der Waals surface area (Å²) in [4.78, 5) is 18.3. The van der Waals surface area contributed by atoms with Crippen molar-refractivity contribution in [3.8, 4) is 6.07 Å². The van der Waals surface area contributed by atoms with Gasteiger partial charge in [0.05, 0.1) is 19.1 Å². The fourth-order valence-electron chi connectivity index (χ4n) is 1.80. The minimum atomic E-state index is -0.107. The molecule has 0 atom stereocenters. The van der Waals surface area contributed by atoms with Crippen LogP contribution >= 0.6 is 0 Å². The normalized spacial score (nSPS) is 9.95. The van der Waals surface area contributed by atoms with Crippen LogP contribution < -0.4 is 5.32 Å². The fourth-order valence-corrected chi connectivity index (χ4v) is 1.80. The molecule has 0 aliphatic rings. The monoisotopic (exact) mass is 290 g/mol. The lowest BCUT2D eigenvalue weighted by atomic mass is 10.2. The van der Waals surface area contributed by atoms with Gasteiger partial charge in [-0.05, 0) is 18.6 Å². The lowest BCUT2D eigenvalue weighted by molar-refractivity contribution is 0.0700. The molecule has 114 valence electrons. The number of nitrogens with one attached hydrogen (secondary N) is 1. The zero-order chi connectivity index (χ0) is 15.5. The molecule has 0 radical (unpaired) electrons. The molecule has 0 saturated heterocycles. The molecule has 1 aromatic heterocycles. The number of ether oxygens (including phenoxy) is 1. The standard InChI is InChI=1S/C15H22N4O2/c1-3-7-17-14-12-13(5-8-18-14)15(20)19(9-4-6-16)10-11-21-2/h5,8,12H,3-4,7,9-11H2,1-2H3,(H,17,18). The third-order valence-corrected chi connectivity index (χ3v) is 2.91. The molecule has 0 aliphatic carbocycles. The molecule has 0 spiro atoms. The Morgan fingerprint density at radius 1 is 1.52 bits per heavy atom. The average Bonchev–Trinajstić information content (AvgIpc) is 2.53. The van der Waals surface area contributed by atoms with E-state index in [1.165, 1.54) is 0 Å². The molecule has 21 heavy (non-hydrogen) atoms. The van der Waals surface area contributed by atoms with Gasteiger partial charge in [0.1, 0.15) is 5.82 Å². The Morgan fingerprint density at radius 2 is 2.33 bits per heavy atom. The molecule has 0 aromatic carbocycles. The third-order valence-electron chi connectivity index (χ3n) is 2.91. The minimum absolute atomic E-state index is 0.107. The van der Waals surface area contributed by atoms with E-state index in [1.54, 1.807) is 30.3 Å². The van der Waals surface area contributed by atoms with E-state index in [0.29, 0.717) is 37.5 Å². The van der Waals surface area contributed by atoms with Crippen LogP contribution in [0.25, 0.3) is 0 Å². The summed E-state index contributed by atoms with van der Waals surface area (Å²) in [6.45, 7) is 4.20. The van der Waals surface area contributed by atoms with Crippen molar-refractivity contribution in [2.75, 3.05) is 38.7 Å². The van der Waals surface area contributed by atoms with Gasteiger partial charge in [-0.3, -0.25) is 4.79 Å². The number of pyridine rings is 1. The first kappa shape index (κ1) is 16.9. The molecule has 6 nitrogen and oxygen atoms in total. The van der Waals surface area contributed by atoms with Gasteiger partial charge in [-0.25, -0.2) is 4.98 Å². The number of aromatic nitrogens is 1. The Balaban J connectivity index is 2.79. The first-order valence-electron chi connectivity index (χ1n) is 7.08. The van der Waals surface area contributed by atoms with Crippen molar-refractivity contribution in [3.05, 3.63) is 23.9 Å². The first-order chi connectivity index (χ1) is 10.2. The fraction of sp³-hybridized carbons (Fsp3) is 0.533. The van der Waals surface area contributed by atoms with Crippen LogP contribution in [0.3, 0.4) is 0 Å². The van der Waals surface area contributed by atoms with E-state index in [-0.39, 0.29) is 5.91 Å². The second-order valence-corrected chi connectivity index (χ2v) is 4.55. The Bertz CT molecular complexity index is 485. The van der Waals surface area contributed by atoms with Crippen molar-refractivity contribution in [1.82, 2.24) is 9.88 Å². The quantitative estimate of drug-likeness (QED) is 0.751. The largest absolute Gasteiger partial charge is 0.383 e. The predicted octanol–water partition coefficient (Wildman–Crippen LogP) is 1.91. The second kappa shape index (κ2) is 9.72. The number of carbonyl (C=O) groups excluding carboxylic acids is 1. The molecule has 0 unspecified atom stereocenters. The van der Waals surface area contributed by atoms with E-state index >= 15 is 0 Å². The van der Waals surface area contributed by atoms with Gasteiger partial charge in [-0.15, -0.1) is 0 Å². The molecule has 0 fully saturated rings. The zero-order valence-corrected chi connectivity index (χ0v) is 12.6. The van der Waals surface area contributed by atoms with Crippen molar-refractivity contribution < 1.29 is 9.53 Å². The van der Waals surface area contributed by atoms with Gasteiger partial charge in [0, 0.05) is 38.5 Å². The van der Waals surface area contributed by atoms with E-state index < -0.39 is 0 Å². The summed E-state index contributed by atoms with van der Waals surface area (Å²) < 4.78 is 5.01. The van der Waals surface area contributed by atoms with Crippen LogP contribution in [0.2, 0.25) is 0 Å². The van der Waals surface area contributed by atoms with Gasteiger partial charge in [0.25, 0.3) is 5.91 Å². The summed E-state index contributed by atoms with van der Waals surface area (Å²) in [5.74, 6) is 0.582. The molecule has 1 heterocycles. The van der Waals surface area contributed by atoms with Gasteiger partial charge >= 0.3 is 0 Å². The SMILES string of the molecule is CCCNc1cc(C(=O)N(CCC#N)CCOC)ccn1. The number of hydrogen-bond donors (Lipinski definition) is 1. The minimum Gasteiger partial charge on any atom is -0.383 e. The number of methoxy groups -OCH3 is 1. The molecular weight excluding hydrogens is 268 g/mol. The van der Waals surface area contributed by atoms with E-state index in [1.807, 2.05) is 0 Å². The number of anilines is 1. The number of rotatable bonds is 9. The van der Waals surface area contributed by atoms with Crippen LogP contribution in [-0.4, -0.2) is 49.1 Å². The van der Waals surface area contributed by atoms with Gasteiger partial charge in [0.15, 0.2) is 0 Å². The predicted molar refractivity (Wildman–Crippen MR) is 81.0 cm³/mol. The maximum Gasteiger partial charge on any atom is 0.254 e. The van der Waals surface area contributed by atoms with Crippen LogP contribution in [0.4, 0.5) is 5.82 Å². The molecule has 1 rings (SSSR count). The Hall–Kier alpha value is -2.13. The van der Waals surface area contributed by atoms with Gasteiger partial charge in [-0.1, -0.05) is 6.92 Å². The number of carbonyl (C=O) groups is 1. The summed E-state index contributed by atoms with van der Waals surface area (Å²) >= 11 is 0. The van der Waals surface area contributed by atoms with E-state index in [4.69, 9.17) is 10.00 Å². The van der Waals surface area contributed by atoms with Crippen molar-refractivity contribution in [3.63, 3.8) is 0 Å². The van der Waals surface area contributed by atoms with Crippen LogP contribution in [-0.2, 0) is 4.74 Å². The second-order valence-electron chi connectivity index (χ2n) is 4.55. The van der Waals surface area contributed by atoms with Crippen LogP contribution in [0, 0.1) is 11.3 Å². The Labute approximate surface area is 125 Å². The topological polar surface area (TPSA) is 78.2 Å². The maximum atomic E-state index is 12.5. The Kier molecular flexibility index (Phi) is 7.84. The van der Waals surface area contributed by atoms with Crippen LogP contribution in [0.15, 0.2) is 18.3 Å². The summed E-state index contributed by atoms with van der Waals surface area (Å²) in [7, 11) is 1.59. The molecule has 6 heteroatoms. The van der Waals surface area contributed by atoms with E-state index in [0.717, 1.165) is 13.0 Å². The molecule has 1 N–H and O–H groups in total. The third kappa shape index (κ3) is 5.79. The number of amides is 1. The summed E-state index contributed by atoms with van der Waals surface area (Å²) in [6.07, 6.45) is 2.91. The smallest absolute Gasteiger partial charge is 0.254 e. The lowest BCUT2D eigenvalue weighted by Gasteiger charge is -2.21. The molecular formula is C15H22N4O2. The van der Waals surface area contributed by atoms with E-state index in [9.17, 15) is 4.79 Å². The summed E-state index contributed by atoms with van der Waals surface area (Å²) in [6, 6.07) is 5.49. The maximum absolute atomic E-state index is 12.5. The summed E-state index contributed by atoms with van der Waals surface area (Å²) in [5.41, 5.74) is 0.567. The van der Waals surface area contributed by atoms with Crippen LogP contribution in [0.5, 0.6) is 0 Å². The highest BCUT2D eigenvalue weighted by atomic mass is 16.5. The van der Waals surface area contributed by atoms with Gasteiger partial charge in [0.2, 0.25) is 0 Å². The zero-order valence-electron chi connectivity index (χ0n) is 12.6. The van der Waals surface area contributed by atoms with Crippen molar-refractivity contribution >= 4 is 11.7 Å². The van der Waals surface area contributed by atoms with E-state index in [2.05, 4.69) is 23.3 Å². The highest BCUT2D eigenvalue weighted by Gasteiger charge is 2.15. The molecule has 1 amide bonds. The molecule has 0 aliphatic heterocycles. The molecule has 0 bridgehead atoms. The van der Waals surface area contributed by atoms with Gasteiger partial charge < -0.3 is 15.0 Å². The van der Waals surface area contributed by atoms with Crippen molar-refractivity contribution in [2.45, 2.75) is 19.8 Å². The number of nitrogens with zero attached hydrogens (tertiary/aromatic N) is 3. The summed E-state index contributed by atoms with van der Waals surface area (Å²) in [5, 5.41) is 11.9. The van der Waals surface area contributed by atoms with Crippen molar-refractivity contribution in [1.29, 1.82) is 5.26 Å².